The van der Waals surface area contributed by atoms with Gasteiger partial charge in [0.05, 0.1) is 17.9 Å². The van der Waals surface area contributed by atoms with E-state index in [0.717, 1.165) is 25.9 Å². The van der Waals surface area contributed by atoms with Crippen molar-refractivity contribution in [1.82, 2.24) is 14.7 Å². The second-order valence-corrected chi connectivity index (χ2v) is 7.59. The molecule has 2 atom stereocenters. The third-order valence-electron chi connectivity index (χ3n) is 6.34. The number of carboxylic acids is 1. The molecule has 1 N–H and O–H groups in total. The Morgan fingerprint density at radius 2 is 1.75 bits per heavy atom. The maximum absolute atomic E-state index is 12.8. The van der Waals surface area contributed by atoms with Gasteiger partial charge in [-0.05, 0) is 44.4 Å². The van der Waals surface area contributed by atoms with Crippen molar-refractivity contribution >= 4 is 11.9 Å². The van der Waals surface area contributed by atoms with Crippen molar-refractivity contribution in [2.45, 2.75) is 51.5 Å². The van der Waals surface area contributed by atoms with Crippen LogP contribution in [0.5, 0.6) is 0 Å². The molecule has 2 saturated carbocycles. The highest BCUT2D eigenvalue weighted by Crippen LogP contribution is 2.56. The van der Waals surface area contributed by atoms with Crippen LogP contribution in [0.4, 0.5) is 0 Å². The van der Waals surface area contributed by atoms with E-state index in [-0.39, 0.29) is 11.6 Å². The highest BCUT2D eigenvalue weighted by atomic mass is 16.4. The second-order valence-electron chi connectivity index (χ2n) is 7.59. The number of aromatic nitrogens is 2. The number of carbonyl (C=O) groups excluding carboxylic acids is 1. The maximum Gasteiger partial charge on any atom is 0.339 e. The molecule has 2 aliphatic carbocycles. The van der Waals surface area contributed by atoms with Crippen molar-refractivity contribution in [3.05, 3.63) is 17.5 Å². The predicted molar refractivity (Wildman–Crippen MR) is 87.7 cm³/mol. The van der Waals surface area contributed by atoms with Crippen molar-refractivity contribution in [3.63, 3.8) is 0 Å². The summed E-state index contributed by atoms with van der Waals surface area (Å²) in [5.41, 5.74) is 0.982. The molecule has 6 nitrogen and oxygen atoms in total. The lowest BCUT2D eigenvalue weighted by atomic mass is 10.0. The highest BCUT2D eigenvalue weighted by Gasteiger charge is 2.55. The first-order chi connectivity index (χ1) is 11.6. The van der Waals surface area contributed by atoms with Gasteiger partial charge in [0.1, 0.15) is 5.56 Å². The van der Waals surface area contributed by atoms with E-state index in [2.05, 4.69) is 5.10 Å². The Balaban J connectivity index is 1.37. The normalized spacial score (nSPS) is 30.0. The number of carbonyl (C=O) groups is 2. The molecule has 2 unspecified atom stereocenters. The van der Waals surface area contributed by atoms with E-state index < -0.39 is 5.97 Å². The van der Waals surface area contributed by atoms with Crippen LogP contribution in [0.3, 0.4) is 0 Å². The fraction of sp³-hybridized carbons (Fsp3) is 0.722. The van der Waals surface area contributed by atoms with E-state index in [1.54, 1.807) is 0 Å². The summed E-state index contributed by atoms with van der Waals surface area (Å²) in [6.07, 6.45) is 8.20. The molecule has 1 aliphatic heterocycles. The van der Waals surface area contributed by atoms with Gasteiger partial charge in [0.2, 0.25) is 5.91 Å². The number of rotatable bonds is 3. The Hall–Kier alpha value is -1.85. The van der Waals surface area contributed by atoms with Crippen molar-refractivity contribution in [2.24, 2.45) is 17.8 Å². The zero-order valence-corrected chi connectivity index (χ0v) is 14.1. The van der Waals surface area contributed by atoms with Crippen LogP contribution in [0, 0.1) is 24.7 Å². The minimum absolute atomic E-state index is 0.198. The minimum Gasteiger partial charge on any atom is -0.478 e. The molecule has 2 heterocycles. The van der Waals surface area contributed by atoms with Gasteiger partial charge in [0.15, 0.2) is 0 Å². The van der Waals surface area contributed by atoms with Crippen LogP contribution in [0.25, 0.3) is 0 Å². The molecule has 1 saturated heterocycles. The fourth-order valence-corrected chi connectivity index (χ4v) is 4.90. The largest absolute Gasteiger partial charge is 0.478 e. The number of fused-ring (bicyclic) bond motifs is 1. The topological polar surface area (TPSA) is 75.4 Å². The van der Waals surface area contributed by atoms with Gasteiger partial charge in [-0.3, -0.25) is 9.48 Å². The van der Waals surface area contributed by atoms with E-state index >= 15 is 0 Å². The van der Waals surface area contributed by atoms with Gasteiger partial charge in [-0.25, -0.2) is 4.79 Å². The lowest BCUT2D eigenvalue weighted by molar-refractivity contribution is -0.134. The molecule has 0 aromatic carbocycles. The summed E-state index contributed by atoms with van der Waals surface area (Å²) in [5, 5.41) is 13.4. The number of nitrogens with zero attached hydrogens (tertiary/aromatic N) is 3. The number of piperidine rings is 1. The molecule has 3 aliphatic rings. The number of carboxylic acid groups (broad SMARTS) is 1. The van der Waals surface area contributed by atoms with Crippen LogP contribution < -0.4 is 0 Å². The van der Waals surface area contributed by atoms with E-state index in [0.29, 0.717) is 29.4 Å². The monoisotopic (exact) mass is 331 g/mol. The molecule has 130 valence electrons. The molecular weight excluding hydrogens is 306 g/mol. The molecular formula is C18H25N3O3. The van der Waals surface area contributed by atoms with E-state index in [4.69, 9.17) is 5.11 Å². The van der Waals surface area contributed by atoms with Crippen molar-refractivity contribution in [2.75, 3.05) is 13.1 Å². The molecule has 1 aromatic rings. The first-order valence-corrected chi connectivity index (χ1v) is 9.14. The summed E-state index contributed by atoms with van der Waals surface area (Å²) >= 11 is 0. The lowest BCUT2D eigenvalue weighted by Crippen LogP contribution is -2.40. The third-order valence-corrected chi connectivity index (χ3v) is 6.34. The minimum atomic E-state index is -0.928. The van der Waals surface area contributed by atoms with Crippen LogP contribution >= 0.6 is 0 Å². The summed E-state index contributed by atoms with van der Waals surface area (Å²) in [5.74, 6) is 1.07. The molecule has 0 radical (unpaired) electrons. The summed E-state index contributed by atoms with van der Waals surface area (Å²) in [6, 6.07) is 0.198. The number of amides is 1. The van der Waals surface area contributed by atoms with Crippen molar-refractivity contribution in [1.29, 1.82) is 0 Å². The lowest BCUT2D eigenvalue weighted by Gasteiger charge is -2.33. The van der Waals surface area contributed by atoms with Gasteiger partial charge in [-0.15, -0.1) is 0 Å². The first kappa shape index (κ1) is 15.7. The summed E-state index contributed by atoms with van der Waals surface area (Å²) in [6.45, 7) is 3.34. The summed E-state index contributed by atoms with van der Waals surface area (Å²) in [4.78, 5) is 26.0. The Morgan fingerprint density at radius 3 is 2.29 bits per heavy atom. The smallest absolute Gasteiger partial charge is 0.339 e. The van der Waals surface area contributed by atoms with Gasteiger partial charge in [-0.1, -0.05) is 12.8 Å². The van der Waals surface area contributed by atoms with Crippen LogP contribution in [-0.4, -0.2) is 44.8 Å². The number of aromatic carboxylic acids is 1. The van der Waals surface area contributed by atoms with Crippen molar-refractivity contribution < 1.29 is 14.7 Å². The molecule has 1 amide bonds. The zero-order chi connectivity index (χ0) is 16.8. The van der Waals surface area contributed by atoms with E-state index in [1.165, 1.54) is 31.9 Å². The zero-order valence-electron chi connectivity index (χ0n) is 14.1. The number of hydrogen-bond acceptors (Lipinski definition) is 3. The van der Waals surface area contributed by atoms with Crippen LogP contribution in [0.2, 0.25) is 0 Å². The Labute approximate surface area is 141 Å². The summed E-state index contributed by atoms with van der Waals surface area (Å²) in [7, 11) is 0. The maximum atomic E-state index is 12.8. The first-order valence-electron chi connectivity index (χ1n) is 9.14. The molecule has 0 spiro atoms. The van der Waals surface area contributed by atoms with E-state index in [9.17, 15) is 9.59 Å². The van der Waals surface area contributed by atoms with Crippen molar-refractivity contribution in [3.8, 4) is 0 Å². The summed E-state index contributed by atoms with van der Waals surface area (Å²) < 4.78 is 1.84. The average Bonchev–Trinajstić information content (AvgIpc) is 3.19. The third kappa shape index (κ3) is 2.52. The van der Waals surface area contributed by atoms with Gasteiger partial charge in [-0.2, -0.15) is 5.10 Å². The van der Waals surface area contributed by atoms with Gasteiger partial charge < -0.3 is 10.0 Å². The second kappa shape index (κ2) is 5.90. The molecule has 6 heteroatoms. The quantitative estimate of drug-likeness (QED) is 0.923. The highest BCUT2D eigenvalue weighted by molar-refractivity contribution is 5.88. The predicted octanol–water partition coefficient (Wildman–Crippen LogP) is 2.49. The molecule has 3 fully saturated rings. The number of likely N-dealkylation sites (tertiary alicyclic amines) is 1. The molecule has 4 rings (SSSR count). The van der Waals surface area contributed by atoms with E-state index in [1.807, 2.05) is 16.5 Å². The SMILES string of the molecule is Cc1c(C(=O)O)cnn1C1CCN(C(=O)C2C3CCCCC32)CC1. The van der Waals surface area contributed by atoms with Gasteiger partial charge >= 0.3 is 5.97 Å². The Morgan fingerprint density at radius 1 is 1.12 bits per heavy atom. The van der Waals surface area contributed by atoms with Gasteiger partial charge in [0, 0.05) is 19.0 Å². The molecule has 1 aromatic heterocycles. The van der Waals surface area contributed by atoms with Crippen LogP contribution in [-0.2, 0) is 4.79 Å². The fourth-order valence-electron chi connectivity index (χ4n) is 4.90. The molecule has 0 bridgehead atoms. The standard InChI is InChI=1S/C18H25N3O3/c1-11-15(18(23)24)10-19-21(11)12-6-8-20(9-7-12)17(22)16-13-4-2-3-5-14(13)16/h10,12-14,16H,2-9H2,1H3,(H,23,24). The van der Waals surface area contributed by atoms with Crippen LogP contribution in [0.1, 0.15) is 60.6 Å². The molecule has 24 heavy (non-hydrogen) atoms. The van der Waals surface area contributed by atoms with Crippen LogP contribution in [0.15, 0.2) is 6.20 Å². The Kier molecular flexibility index (Phi) is 3.85. The van der Waals surface area contributed by atoms with Gasteiger partial charge in [0.25, 0.3) is 0 Å². The number of hydrogen-bond donors (Lipinski definition) is 1. The average molecular weight is 331 g/mol. The Bertz CT molecular complexity index is 648.